The highest BCUT2D eigenvalue weighted by atomic mass is 35.5. The molecule has 3 rings (SSSR count). The van der Waals surface area contributed by atoms with Crippen LogP contribution in [0.2, 0.25) is 5.02 Å². The van der Waals surface area contributed by atoms with Crippen LogP contribution >= 0.6 is 23.4 Å². The zero-order valence-corrected chi connectivity index (χ0v) is 15.6. The molecule has 0 radical (unpaired) electrons. The predicted octanol–water partition coefficient (Wildman–Crippen LogP) is 5.35. The summed E-state index contributed by atoms with van der Waals surface area (Å²) in [6.07, 6.45) is 1.78. The number of nitrogens with zero attached hydrogens (tertiary/aromatic N) is 1. The van der Waals surface area contributed by atoms with E-state index in [1.165, 1.54) is 0 Å². The van der Waals surface area contributed by atoms with Crippen molar-refractivity contribution in [2.75, 3.05) is 5.32 Å². The standard InChI is InChI=1S/C20H18ClN3OS/c21-17-7-3-5-15(11-17)13-23-20(25)24-18-8-4-6-16(12-18)14-26-19-9-1-2-10-22-19/h1-12H,13-14H2,(H2,23,24,25). The molecule has 3 aromatic rings. The third kappa shape index (κ3) is 5.79. The SMILES string of the molecule is O=C(NCc1cccc(Cl)c1)Nc1cccc(CSc2ccccn2)c1. The lowest BCUT2D eigenvalue weighted by atomic mass is 10.2. The van der Waals surface area contributed by atoms with E-state index in [1.807, 2.05) is 60.7 Å². The normalized spacial score (nSPS) is 10.3. The monoisotopic (exact) mass is 383 g/mol. The smallest absolute Gasteiger partial charge is 0.319 e. The number of pyridine rings is 1. The van der Waals surface area contributed by atoms with Crippen molar-refractivity contribution >= 4 is 35.1 Å². The van der Waals surface area contributed by atoms with E-state index in [4.69, 9.17) is 11.6 Å². The second kappa shape index (κ2) is 9.27. The van der Waals surface area contributed by atoms with Gasteiger partial charge in [0.25, 0.3) is 0 Å². The minimum Gasteiger partial charge on any atom is -0.334 e. The Kier molecular flexibility index (Phi) is 6.52. The number of urea groups is 1. The van der Waals surface area contributed by atoms with E-state index in [0.29, 0.717) is 11.6 Å². The molecule has 0 saturated heterocycles. The number of carbonyl (C=O) groups excluding carboxylic acids is 1. The highest BCUT2D eigenvalue weighted by Gasteiger charge is 2.04. The molecule has 2 amide bonds. The number of hydrogen-bond donors (Lipinski definition) is 2. The summed E-state index contributed by atoms with van der Waals surface area (Å²) in [5, 5.41) is 7.32. The summed E-state index contributed by atoms with van der Waals surface area (Å²) in [5.41, 5.74) is 2.83. The number of thioether (sulfide) groups is 1. The Morgan fingerprint density at radius 3 is 2.65 bits per heavy atom. The summed E-state index contributed by atoms with van der Waals surface area (Å²) in [6.45, 7) is 0.418. The number of amides is 2. The lowest BCUT2D eigenvalue weighted by Gasteiger charge is -2.09. The first kappa shape index (κ1) is 18.3. The first-order chi connectivity index (χ1) is 12.7. The van der Waals surface area contributed by atoms with Gasteiger partial charge in [-0.15, -0.1) is 11.8 Å². The molecular weight excluding hydrogens is 366 g/mol. The fraction of sp³-hybridized carbons (Fsp3) is 0.100. The minimum absolute atomic E-state index is 0.250. The lowest BCUT2D eigenvalue weighted by molar-refractivity contribution is 0.251. The number of aromatic nitrogens is 1. The van der Waals surface area contributed by atoms with Crippen molar-refractivity contribution in [1.29, 1.82) is 0 Å². The molecule has 26 heavy (non-hydrogen) atoms. The van der Waals surface area contributed by atoms with Gasteiger partial charge >= 0.3 is 6.03 Å². The van der Waals surface area contributed by atoms with E-state index in [9.17, 15) is 4.79 Å². The Balaban J connectivity index is 1.52. The van der Waals surface area contributed by atoms with Crippen molar-refractivity contribution in [3.05, 3.63) is 89.1 Å². The Labute approximate surface area is 162 Å². The highest BCUT2D eigenvalue weighted by molar-refractivity contribution is 7.98. The topological polar surface area (TPSA) is 54.0 Å². The van der Waals surface area contributed by atoms with Gasteiger partial charge in [0.15, 0.2) is 0 Å². The van der Waals surface area contributed by atoms with Crippen LogP contribution in [0.5, 0.6) is 0 Å². The van der Waals surface area contributed by atoms with Gasteiger partial charge in [-0.05, 0) is 47.5 Å². The highest BCUT2D eigenvalue weighted by Crippen LogP contribution is 2.22. The molecule has 2 N–H and O–H groups in total. The number of rotatable bonds is 6. The third-order valence-corrected chi connectivity index (χ3v) is 4.80. The average Bonchev–Trinajstić information content (AvgIpc) is 2.66. The Morgan fingerprint density at radius 2 is 1.85 bits per heavy atom. The van der Waals surface area contributed by atoms with E-state index >= 15 is 0 Å². The molecule has 1 aromatic heterocycles. The molecule has 0 fully saturated rings. The molecule has 1 heterocycles. The maximum atomic E-state index is 12.1. The number of halogens is 1. The molecule has 4 nitrogen and oxygen atoms in total. The van der Waals surface area contributed by atoms with Gasteiger partial charge in [-0.1, -0.05) is 41.9 Å². The van der Waals surface area contributed by atoms with E-state index in [-0.39, 0.29) is 6.03 Å². The molecule has 0 spiro atoms. The lowest BCUT2D eigenvalue weighted by Crippen LogP contribution is -2.28. The molecule has 0 bridgehead atoms. The zero-order chi connectivity index (χ0) is 18.2. The van der Waals surface area contributed by atoms with Crippen molar-refractivity contribution in [1.82, 2.24) is 10.3 Å². The maximum Gasteiger partial charge on any atom is 0.319 e. The van der Waals surface area contributed by atoms with Gasteiger partial charge in [-0.25, -0.2) is 9.78 Å². The molecule has 0 aliphatic rings. The zero-order valence-electron chi connectivity index (χ0n) is 14.0. The van der Waals surface area contributed by atoms with E-state index < -0.39 is 0 Å². The molecule has 132 valence electrons. The Bertz CT molecular complexity index is 874. The number of carbonyl (C=O) groups is 1. The summed E-state index contributed by atoms with van der Waals surface area (Å²) < 4.78 is 0. The molecule has 0 atom stereocenters. The van der Waals surface area contributed by atoms with Crippen LogP contribution in [0.25, 0.3) is 0 Å². The molecule has 0 unspecified atom stereocenters. The van der Waals surface area contributed by atoms with Crippen LogP contribution < -0.4 is 10.6 Å². The molecule has 0 aliphatic carbocycles. The Hall–Kier alpha value is -2.50. The number of benzene rings is 2. The van der Waals surface area contributed by atoms with Crippen molar-refractivity contribution in [2.45, 2.75) is 17.3 Å². The largest absolute Gasteiger partial charge is 0.334 e. The van der Waals surface area contributed by atoms with Crippen LogP contribution in [0.4, 0.5) is 10.5 Å². The summed E-state index contributed by atoms with van der Waals surface area (Å²) >= 11 is 7.60. The minimum atomic E-state index is -0.250. The molecule has 0 aliphatic heterocycles. The summed E-state index contributed by atoms with van der Waals surface area (Å²) in [4.78, 5) is 16.4. The fourth-order valence-electron chi connectivity index (χ4n) is 2.33. The van der Waals surface area contributed by atoms with Crippen LogP contribution in [0.1, 0.15) is 11.1 Å². The van der Waals surface area contributed by atoms with Crippen molar-refractivity contribution in [3.8, 4) is 0 Å². The van der Waals surface area contributed by atoms with Gasteiger partial charge in [0.05, 0.1) is 5.03 Å². The maximum absolute atomic E-state index is 12.1. The summed E-state index contributed by atoms with van der Waals surface area (Å²) in [7, 11) is 0. The second-order valence-corrected chi connectivity index (χ2v) is 7.03. The van der Waals surface area contributed by atoms with Gasteiger partial charge < -0.3 is 10.6 Å². The van der Waals surface area contributed by atoms with Crippen molar-refractivity contribution < 1.29 is 4.79 Å². The van der Waals surface area contributed by atoms with Crippen LogP contribution in [-0.4, -0.2) is 11.0 Å². The quantitative estimate of drug-likeness (QED) is 0.564. The van der Waals surface area contributed by atoms with Crippen LogP contribution in [0.15, 0.2) is 78.0 Å². The van der Waals surface area contributed by atoms with Gasteiger partial charge in [0, 0.05) is 29.2 Å². The molecular formula is C20H18ClN3OS. The average molecular weight is 384 g/mol. The second-order valence-electron chi connectivity index (χ2n) is 5.59. The van der Waals surface area contributed by atoms with Crippen LogP contribution in [0.3, 0.4) is 0 Å². The van der Waals surface area contributed by atoms with Crippen molar-refractivity contribution in [3.63, 3.8) is 0 Å². The van der Waals surface area contributed by atoms with Crippen LogP contribution in [0, 0.1) is 0 Å². The first-order valence-electron chi connectivity index (χ1n) is 8.11. The summed E-state index contributed by atoms with van der Waals surface area (Å²) in [5.74, 6) is 0.788. The van der Waals surface area contributed by atoms with Gasteiger partial charge in [-0.2, -0.15) is 0 Å². The fourth-order valence-corrected chi connectivity index (χ4v) is 3.35. The van der Waals surface area contributed by atoms with Gasteiger partial charge in [-0.3, -0.25) is 0 Å². The van der Waals surface area contributed by atoms with E-state index in [1.54, 1.807) is 24.0 Å². The number of nitrogens with one attached hydrogen (secondary N) is 2. The molecule has 0 saturated carbocycles. The summed E-state index contributed by atoms with van der Waals surface area (Å²) in [6, 6.07) is 20.8. The van der Waals surface area contributed by atoms with E-state index in [2.05, 4.69) is 15.6 Å². The Morgan fingerprint density at radius 1 is 1.00 bits per heavy atom. The van der Waals surface area contributed by atoms with Gasteiger partial charge in [0.2, 0.25) is 0 Å². The molecule has 6 heteroatoms. The van der Waals surface area contributed by atoms with E-state index in [0.717, 1.165) is 27.6 Å². The molecule has 2 aromatic carbocycles. The first-order valence-corrected chi connectivity index (χ1v) is 9.47. The number of hydrogen-bond acceptors (Lipinski definition) is 3. The predicted molar refractivity (Wildman–Crippen MR) is 108 cm³/mol. The van der Waals surface area contributed by atoms with Crippen molar-refractivity contribution in [2.24, 2.45) is 0 Å². The number of anilines is 1. The van der Waals surface area contributed by atoms with Crippen LogP contribution in [-0.2, 0) is 12.3 Å². The van der Waals surface area contributed by atoms with Gasteiger partial charge in [0.1, 0.15) is 0 Å². The third-order valence-electron chi connectivity index (χ3n) is 3.55.